The molecule has 10 nitrogen and oxygen atoms in total. The van der Waals surface area contributed by atoms with Crippen molar-refractivity contribution in [3.05, 3.63) is 57.5 Å². The van der Waals surface area contributed by atoms with Crippen molar-refractivity contribution in [3.63, 3.8) is 0 Å². The topological polar surface area (TPSA) is 103 Å². The fourth-order valence-corrected chi connectivity index (χ4v) is 4.01. The number of nitrogens with zero attached hydrogens (tertiary/aromatic N) is 5. The molecule has 1 aromatic carbocycles. The number of hydrogen-bond acceptors (Lipinski definition) is 7. The van der Waals surface area contributed by atoms with Gasteiger partial charge in [-0.3, -0.25) is 9.47 Å². The van der Waals surface area contributed by atoms with E-state index in [2.05, 4.69) is 9.88 Å². The molecule has 34 heavy (non-hydrogen) atoms. The van der Waals surface area contributed by atoms with E-state index in [0.717, 1.165) is 6.08 Å². The van der Waals surface area contributed by atoms with Crippen LogP contribution in [0.15, 0.2) is 24.4 Å². The van der Waals surface area contributed by atoms with E-state index in [1.54, 1.807) is 4.57 Å². The number of carbonyl (C=O) groups is 1. The molecule has 0 saturated carbocycles. The number of benzene rings is 1. The van der Waals surface area contributed by atoms with Gasteiger partial charge in [-0.05, 0) is 24.0 Å². The molecule has 2 aliphatic rings. The van der Waals surface area contributed by atoms with E-state index < -0.39 is 39.6 Å². The van der Waals surface area contributed by atoms with E-state index in [0.29, 0.717) is 51.4 Å². The fraction of sp³-hybridized carbons (Fsp3) is 0.429. The summed E-state index contributed by atoms with van der Waals surface area (Å²) >= 11 is 0. The van der Waals surface area contributed by atoms with Crippen molar-refractivity contribution < 1.29 is 32.4 Å². The summed E-state index contributed by atoms with van der Waals surface area (Å²) in [6.07, 6.45) is 3.17. The molecule has 2 aromatic rings. The molecule has 2 aliphatic heterocycles. The van der Waals surface area contributed by atoms with Crippen molar-refractivity contribution in [1.29, 1.82) is 0 Å². The van der Waals surface area contributed by atoms with Crippen LogP contribution in [0.1, 0.15) is 12.5 Å². The zero-order valence-electron chi connectivity index (χ0n) is 18.2. The first-order valence-corrected chi connectivity index (χ1v) is 10.5. The van der Waals surface area contributed by atoms with Gasteiger partial charge in [0, 0.05) is 55.4 Å². The summed E-state index contributed by atoms with van der Waals surface area (Å²) in [6, 6.07) is 1.36. The average Bonchev–Trinajstić information content (AvgIpc) is 3.28. The van der Waals surface area contributed by atoms with Crippen molar-refractivity contribution in [2.45, 2.75) is 19.1 Å². The lowest BCUT2D eigenvalue weighted by atomic mass is 10.1. The van der Waals surface area contributed by atoms with Crippen LogP contribution in [0.4, 0.5) is 23.8 Å². The highest BCUT2D eigenvalue weighted by molar-refractivity contribution is 5.68. The van der Waals surface area contributed by atoms with E-state index in [9.17, 15) is 28.1 Å². The third-order valence-corrected chi connectivity index (χ3v) is 5.58. The van der Waals surface area contributed by atoms with Crippen LogP contribution in [-0.2, 0) is 11.3 Å². The summed E-state index contributed by atoms with van der Waals surface area (Å²) in [7, 11) is 0. The number of rotatable bonds is 6. The molecule has 0 bridgehead atoms. The molecule has 1 atom stereocenters. The maximum absolute atomic E-state index is 13.6. The van der Waals surface area contributed by atoms with Crippen molar-refractivity contribution >= 4 is 18.0 Å². The Balaban J connectivity index is 1.21. The van der Waals surface area contributed by atoms with Gasteiger partial charge in [0.05, 0.1) is 6.54 Å². The van der Waals surface area contributed by atoms with Crippen LogP contribution in [0.3, 0.4) is 0 Å². The Morgan fingerprint density at radius 1 is 1.26 bits per heavy atom. The molecule has 1 aromatic heterocycles. The van der Waals surface area contributed by atoms with Crippen molar-refractivity contribution in [1.82, 2.24) is 19.4 Å². The zero-order valence-corrected chi connectivity index (χ0v) is 18.2. The van der Waals surface area contributed by atoms with Crippen molar-refractivity contribution in [2.75, 3.05) is 39.3 Å². The van der Waals surface area contributed by atoms with E-state index in [-0.39, 0.29) is 18.4 Å². The first-order valence-electron chi connectivity index (χ1n) is 10.5. The number of hydrogen-bond donors (Lipinski definition) is 0. The number of carbonyl (C=O) groups excluding carboxylic acids is 1. The molecule has 4 rings (SSSR count). The quantitative estimate of drug-likeness (QED) is 0.462. The van der Waals surface area contributed by atoms with Gasteiger partial charge in [-0.25, -0.2) is 18.0 Å². The standard InChI is InChI=1S/C21H22F3N5O5/c1-21(13-28-11-18(29(31)32)25-19(28)34-21)12-26-4-6-27(7-5-26)20(30)33-8-2-3-15-16(23)9-14(22)10-17(15)24/h2-3,9-11H,4-8,12-13H2,1H3/t21-/m0/s1. The Morgan fingerprint density at radius 3 is 2.56 bits per heavy atom. The van der Waals surface area contributed by atoms with Crippen LogP contribution in [0.2, 0.25) is 0 Å². The molecule has 1 amide bonds. The van der Waals surface area contributed by atoms with Gasteiger partial charge in [-0.2, -0.15) is 0 Å². The minimum Gasteiger partial charge on any atom is -0.445 e. The van der Waals surface area contributed by atoms with Crippen LogP contribution < -0.4 is 4.74 Å². The number of nitro groups is 1. The van der Waals surface area contributed by atoms with E-state index >= 15 is 0 Å². The molecule has 0 spiro atoms. The molecule has 1 fully saturated rings. The molecule has 1 saturated heterocycles. The normalized spacial score (nSPS) is 20.4. The SMILES string of the molecule is C[C@]1(CN2CCN(C(=O)OCC=Cc3c(F)cc(F)cc3F)CC2)Cn2cc([N+](=O)[O-])nc2O1. The number of fused-ring (bicyclic) bond motifs is 1. The number of amides is 1. The lowest BCUT2D eigenvalue weighted by Crippen LogP contribution is -2.54. The van der Waals surface area contributed by atoms with Crippen LogP contribution in [0.5, 0.6) is 6.01 Å². The van der Waals surface area contributed by atoms with E-state index in [4.69, 9.17) is 9.47 Å². The predicted octanol–water partition coefficient (Wildman–Crippen LogP) is 2.83. The molecule has 0 aliphatic carbocycles. The summed E-state index contributed by atoms with van der Waals surface area (Å²) in [5.74, 6) is -3.36. The van der Waals surface area contributed by atoms with Crippen molar-refractivity contribution in [3.8, 4) is 6.01 Å². The van der Waals surface area contributed by atoms with Gasteiger partial charge >= 0.3 is 17.9 Å². The Hall–Kier alpha value is -3.61. The van der Waals surface area contributed by atoms with Gasteiger partial charge in [-0.15, -0.1) is 0 Å². The number of imidazole rings is 1. The van der Waals surface area contributed by atoms with Crippen LogP contribution in [0, 0.1) is 27.6 Å². The van der Waals surface area contributed by atoms with Crippen LogP contribution >= 0.6 is 0 Å². The summed E-state index contributed by atoms with van der Waals surface area (Å²) in [6.45, 7) is 4.63. The van der Waals surface area contributed by atoms with Gasteiger partial charge in [-0.1, -0.05) is 0 Å². The summed E-state index contributed by atoms with van der Waals surface area (Å²) in [5, 5.41) is 10.8. The van der Waals surface area contributed by atoms with Crippen LogP contribution in [0.25, 0.3) is 6.08 Å². The first-order chi connectivity index (χ1) is 16.1. The minimum absolute atomic E-state index is 0.196. The Bertz CT molecular complexity index is 1080. The van der Waals surface area contributed by atoms with Gasteiger partial charge in [0.1, 0.15) is 35.9 Å². The summed E-state index contributed by atoms with van der Waals surface area (Å²) in [4.78, 5) is 30.0. The molecule has 182 valence electrons. The maximum atomic E-state index is 13.6. The number of ether oxygens (including phenoxy) is 2. The van der Waals surface area contributed by atoms with Crippen molar-refractivity contribution in [2.24, 2.45) is 0 Å². The first kappa shape index (κ1) is 23.5. The molecule has 0 N–H and O–H groups in total. The van der Waals surface area contributed by atoms with Gasteiger partial charge in [0.25, 0.3) is 0 Å². The largest absolute Gasteiger partial charge is 0.445 e. The molecule has 3 heterocycles. The second-order valence-electron chi connectivity index (χ2n) is 8.34. The number of aromatic nitrogens is 2. The Labute approximate surface area is 192 Å². The fourth-order valence-electron chi connectivity index (χ4n) is 4.01. The molecular formula is C21H22F3N5O5. The van der Waals surface area contributed by atoms with E-state index in [1.807, 2.05) is 6.92 Å². The second-order valence-corrected chi connectivity index (χ2v) is 8.34. The Morgan fingerprint density at radius 2 is 1.94 bits per heavy atom. The average molecular weight is 481 g/mol. The lowest BCUT2D eigenvalue weighted by Gasteiger charge is -2.37. The maximum Gasteiger partial charge on any atom is 0.415 e. The monoisotopic (exact) mass is 481 g/mol. The summed E-state index contributed by atoms with van der Waals surface area (Å²) in [5.41, 5.74) is -1.01. The predicted molar refractivity (Wildman–Crippen MR) is 113 cm³/mol. The highest BCUT2D eigenvalue weighted by Crippen LogP contribution is 2.31. The van der Waals surface area contributed by atoms with E-state index in [1.165, 1.54) is 17.2 Å². The highest BCUT2D eigenvalue weighted by Gasteiger charge is 2.42. The second kappa shape index (κ2) is 9.33. The summed E-state index contributed by atoms with van der Waals surface area (Å²) < 4.78 is 52.8. The smallest absolute Gasteiger partial charge is 0.415 e. The molecule has 13 heteroatoms. The lowest BCUT2D eigenvalue weighted by molar-refractivity contribution is -0.389. The third-order valence-electron chi connectivity index (χ3n) is 5.58. The number of piperazine rings is 1. The van der Waals surface area contributed by atoms with Gasteiger partial charge < -0.3 is 24.5 Å². The molecule has 0 radical (unpaired) electrons. The van der Waals surface area contributed by atoms with Crippen LogP contribution in [-0.4, -0.2) is 75.3 Å². The number of halogens is 3. The molecular weight excluding hydrogens is 459 g/mol. The zero-order chi connectivity index (χ0) is 24.5. The Kier molecular flexibility index (Phi) is 6.46. The minimum atomic E-state index is -1.04. The third kappa shape index (κ3) is 5.14. The van der Waals surface area contributed by atoms with Gasteiger partial charge in [0.2, 0.25) is 0 Å². The van der Waals surface area contributed by atoms with Gasteiger partial charge in [0.15, 0.2) is 0 Å². The highest BCUT2D eigenvalue weighted by atomic mass is 19.1. The molecule has 0 unspecified atom stereocenters.